The van der Waals surface area contributed by atoms with Gasteiger partial charge in [0.15, 0.2) is 0 Å². The first kappa shape index (κ1) is 16.8. The summed E-state index contributed by atoms with van der Waals surface area (Å²) in [5, 5.41) is 2.84. The Labute approximate surface area is 154 Å². The molecule has 1 fully saturated rings. The number of fused-ring (bicyclic) bond motifs is 2. The van der Waals surface area contributed by atoms with Crippen molar-refractivity contribution in [3.8, 4) is 0 Å². The number of carbonyl (C=O) groups is 2. The topological polar surface area (TPSA) is 49.4 Å². The summed E-state index contributed by atoms with van der Waals surface area (Å²) in [5.74, 6) is 0.257. The second-order valence-corrected chi connectivity index (χ2v) is 7.14. The monoisotopic (exact) mass is 348 g/mol. The number of benzene rings is 2. The van der Waals surface area contributed by atoms with E-state index in [4.69, 9.17) is 0 Å². The highest BCUT2D eigenvalue weighted by Gasteiger charge is 2.28. The molecule has 2 aliphatic rings. The first-order valence-corrected chi connectivity index (χ1v) is 9.42. The molecule has 0 saturated carbocycles. The number of amides is 2. The number of nitrogens with zero attached hydrogens (tertiary/aromatic N) is 1. The zero-order valence-corrected chi connectivity index (χ0v) is 14.9. The molecule has 0 unspecified atom stereocenters. The van der Waals surface area contributed by atoms with Gasteiger partial charge in [0.25, 0.3) is 0 Å². The van der Waals surface area contributed by atoms with Crippen LogP contribution >= 0.6 is 0 Å². The molecule has 1 heterocycles. The van der Waals surface area contributed by atoms with Crippen LogP contribution in [0.2, 0.25) is 0 Å². The van der Waals surface area contributed by atoms with Gasteiger partial charge in [-0.3, -0.25) is 9.59 Å². The van der Waals surface area contributed by atoms with E-state index < -0.39 is 0 Å². The molecule has 4 heteroatoms. The summed E-state index contributed by atoms with van der Waals surface area (Å²) < 4.78 is 0. The Kier molecular flexibility index (Phi) is 4.74. The fourth-order valence-corrected chi connectivity index (χ4v) is 4.18. The summed E-state index contributed by atoms with van der Waals surface area (Å²) in [4.78, 5) is 26.5. The van der Waals surface area contributed by atoms with Gasteiger partial charge in [0, 0.05) is 38.4 Å². The van der Waals surface area contributed by atoms with Crippen molar-refractivity contribution < 1.29 is 9.59 Å². The van der Waals surface area contributed by atoms with E-state index in [0.29, 0.717) is 32.5 Å². The minimum atomic E-state index is 0.0328. The molecule has 1 aliphatic heterocycles. The minimum absolute atomic E-state index is 0.0328. The number of hydrogen-bond acceptors (Lipinski definition) is 2. The van der Waals surface area contributed by atoms with Crippen molar-refractivity contribution in [1.82, 2.24) is 10.2 Å². The van der Waals surface area contributed by atoms with Gasteiger partial charge < -0.3 is 10.2 Å². The predicted molar refractivity (Wildman–Crippen MR) is 101 cm³/mol. The molecule has 2 aromatic rings. The molecule has 134 valence electrons. The highest BCUT2D eigenvalue weighted by Crippen LogP contribution is 2.36. The Bertz CT molecular complexity index is 783. The maximum absolute atomic E-state index is 13.0. The van der Waals surface area contributed by atoms with Gasteiger partial charge in [-0.25, -0.2) is 0 Å². The third-order valence-electron chi connectivity index (χ3n) is 5.57. The molecule has 2 aromatic carbocycles. The minimum Gasteiger partial charge on any atom is -0.354 e. The number of carbonyl (C=O) groups excluding carboxylic acids is 2. The predicted octanol–water partition coefficient (Wildman–Crippen LogP) is 2.66. The van der Waals surface area contributed by atoms with Gasteiger partial charge in [0.1, 0.15) is 0 Å². The number of nitrogens with one attached hydrogen (secondary N) is 1. The fraction of sp³-hybridized carbons (Fsp3) is 0.364. The number of aryl methyl sites for hydroxylation is 2. The van der Waals surface area contributed by atoms with Crippen LogP contribution in [0.1, 0.15) is 41.0 Å². The van der Waals surface area contributed by atoms with E-state index in [1.54, 1.807) is 0 Å². The molecule has 0 atom stereocenters. The molecule has 4 nitrogen and oxygen atoms in total. The first-order chi connectivity index (χ1) is 12.7. The maximum Gasteiger partial charge on any atom is 0.223 e. The van der Waals surface area contributed by atoms with Crippen LogP contribution in [-0.2, 0) is 22.4 Å². The van der Waals surface area contributed by atoms with Crippen molar-refractivity contribution in [2.75, 3.05) is 19.6 Å². The molecule has 0 bridgehead atoms. The third-order valence-corrected chi connectivity index (χ3v) is 5.57. The number of hydrogen-bond donors (Lipinski definition) is 1. The largest absolute Gasteiger partial charge is 0.354 e. The Hall–Kier alpha value is -2.62. The molecule has 4 rings (SSSR count). The zero-order valence-electron chi connectivity index (χ0n) is 14.9. The van der Waals surface area contributed by atoms with Crippen molar-refractivity contribution in [3.05, 3.63) is 70.8 Å². The van der Waals surface area contributed by atoms with Crippen LogP contribution in [0.5, 0.6) is 0 Å². The van der Waals surface area contributed by atoms with Crippen molar-refractivity contribution in [1.29, 1.82) is 0 Å². The van der Waals surface area contributed by atoms with Crippen molar-refractivity contribution in [2.45, 2.75) is 31.6 Å². The van der Waals surface area contributed by atoms with E-state index in [-0.39, 0.29) is 17.7 Å². The van der Waals surface area contributed by atoms with Crippen molar-refractivity contribution in [3.63, 3.8) is 0 Å². The summed E-state index contributed by atoms with van der Waals surface area (Å²) in [5.41, 5.74) is 5.23. The molecule has 0 aromatic heterocycles. The van der Waals surface area contributed by atoms with E-state index in [1.807, 2.05) is 4.90 Å². The first-order valence-electron chi connectivity index (χ1n) is 9.42. The molecule has 1 aliphatic carbocycles. The smallest absolute Gasteiger partial charge is 0.223 e. The summed E-state index contributed by atoms with van der Waals surface area (Å²) in [6, 6.07) is 17.0. The fourth-order valence-electron chi connectivity index (χ4n) is 4.18. The molecule has 2 amide bonds. The van der Waals surface area contributed by atoms with E-state index in [0.717, 1.165) is 12.8 Å². The summed E-state index contributed by atoms with van der Waals surface area (Å²) in [6.45, 7) is 1.66. The van der Waals surface area contributed by atoms with Crippen LogP contribution in [0.4, 0.5) is 0 Å². The van der Waals surface area contributed by atoms with Gasteiger partial charge in [-0.2, -0.15) is 0 Å². The molecule has 26 heavy (non-hydrogen) atoms. The van der Waals surface area contributed by atoms with Gasteiger partial charge in [0.2, 0.25) is 11.8 Å². The normalized spacial score (nSPS) is 17.5. The molecule has 1 N–H and O–H groups in total. The SMILES string of the molecule is O=C1CCN(C(=O)CC2c3ccccc3CCc3ccccc32)CCN1. The third kappa shape index (κ3) is 3.36. The van der Waals surface area contributed by atoms with Crippen LogP contribution in [0.3, 0.4) is 0 Å². The van der Waals surface area contributed by atoms with Crippen molar-refractivity contribution >= 4 is 11.8 Å². The second kappa shape index (κ2) is 7.32. The Morgan fingerprint density at radius 2 is 1.54 bits per heavy atom. The molecular formula is C22H24N2O2. The van der Waals surface area contributed by atoms with Gasteiger partial charge >= 0.3 is 0 Å². The van der Waals surface area contributed by atoms with Crippen molar-refractivity contribution in [2.24, 2.45) is 0 Å². The average molecular weight is 348 g/mol. The van der Waals surface area contributed by atoms with Gasteiger partial charge in [0.05, 0.1) is 0 Å². The Morgan fingerprint density at radius 1 is 0.923 bits per heavy atom. The van der Waals surface area contributed by atoms with Crippen LogP contribution in [-0.4, -0.2) is 36.3 Å². The molecule has 0 spiro atoms. The van der Waals surface area contributed by atoms with Gasteiger partial charge in [-0.15, -0.1) is 0 Å². The number of rotatable bonds is 2. The summed E-state index contributed by atoms with van der Waals surface area (Å²) in [6.07, 6.45) is 2.88. The lowest BCUT2D eigenvalue weighted by molar-refractivity contribution is -0.131. The maximum atomic E-state index is 13.0. The van der Waals surface area contributed by atoms with E-state index in [1.165, 1.54) is 22.3 Å². The van der Waals surface area contributed by atoms with E-state index in [2.05, 4.69) is 53.8 Å². The molecular weight excluding hydrogens is 324 g/mol. The highest BCUT2D eigenvalue weighted by molar-refractivity contribution is 5.81. The summed E-state index contributed by atoms with van der Waals surface area (Å²) >= 11 is 0. The lowest BCUT2D eigenvalue weighted by Gasteiger charge is -2.25. The molecule has 1 saturated heterocycles. The summed E-state index contributed by atoms with van der Waals surface area (Å²) in [7, 11) is 0. The van der Waals surface area contributed by atoms with E-state index in [9.17, 15) is 9.59 Å². The lowest BCUT2D eigenvalue weighted by Crippen LogP contribution is -2.35. The van der Waals surface area contributed by atoms with Crippen LogP contribution < -0.4 is 5.32 Å². The van der Waals surface area contributed by atoms with Crippen LogP contribution in [0.15, 0.2) is 48.5 Å². The van der Waals surface area contributed by atoms with Gasteiger partial charge in [-0.1, -0.05) is 48.5 Å². The van der Waals surface area contributed by atoms with Crippen LogP contribution in [0.25, 0.3) is 0 Å². The average Bonchev–Trinajstić information content (AvgIpc) is 2.97. The van der Waals surface area contributed by atoms with E-state index >= 15 is 0 Å². The van der Waals surface area contributed by atoms with Gasteiger partial charge in [-0.05, 0) is 35.1 Å². The zero-order chi connectivity index (χ0) is 17.9. The van der Waals surface area contributed by atoms with Crippen LogP contribution in [0, 0.1) is 0 Å². The Balaban J connectivity index is 1.64. The molecule has 0 radical (unpaired) electrons. The lowest BCUT2D eigenvalue weighted by atomic mass is 9.85. The Morgan fingerprint density at radius 3 is 2.19 bits per heavy atom. The quantitative estimate of drug-likeness (QED) is 0.907. The standard InChI is InChI=1S/C22H24N2O2/c25-21-11-13-24(14-12-23-21)22(26)15-20-18-7-3-1-5-16(18)9-10-17-6-2-4-8-19(17)20/h1-8,20H,9-15H2,(H,23,25). The second-order valence-electron chi connectivity index (χ2n) is 7.14. The highest BCUT2D eigenvalue weighted by atomic mass is 16.2.